The van der Waals surface area contributed by atoms with Crippen LogP contribution in [0.2, 0.25) is 0 Å². The number of nitrogens with one attached hydrogen (secondary N) is 1. The lowest BCUT2D eigenvalue weighted by atomic mass is 9.78. The second-order valence-corrected chi connectivity index (χ2v) is 11.7. The molecule has 216 valence electrons. The molecule has 0 radical (unpaired) electrons. The number of nitro groups is 1. The van der Waals surface area contributed by atoms with E-state index in [0.717, 1.165) is 12.1 Å². The highest BCUT2D eigenvalue weighted by atomic mass is 32.2. The average molecular weight is 585 g/mol. The largest absolute Gasteiger partial charge is 0.385 e. The standard InChI is InChI=1S/C25H28N8O7S/c1-12-19-18(13(2)32-28-11-27-29-32)23(35)31(19)20(21(12)41-16-9-17(26-10-16)22(34)30(3)4)25(37)40-24(36)14-5-7-15(8-6-14)33(38)39/h5-8,11-13,16-19,26H,9-10H2,1-4H3/t12-,13-,16+,17+,18-,19-/m1/s1. The van der Waals surface area contributed by atoms with E-state index in [1.165, 1.54) is 44.8 Å². The third kappa shape index (κ3) is 5.08. The van der Waals surface area contributed by atoms with Gasteiger partial charge in [0.15, 0.2) is 6.33 Å². The fourth-order valence-electron chi connectivity index (χ4n) is 5.56. The molecule has 5 rings (SSSR count). The molecule has 0 unspecified atom stereocenters. The van der Waals surface area contributed by atoms with E-state index in [2.05, 4.69) is 20.7 Å². The summed E-state index contributed by atoms with van der Waals surface area (Å²) in [6.07, 6.45) is 1.80. The Morgan fingerprint density at radius 1 is 1.22 bits per heavy atom. The van der Waals surface area contributed by atoms with Crippen molar-refractivity contribution in [2.75, 3.05) is 20.6 Å². The van der Waals surface area contributed by atoms with Gasteiger partial charge in [-0.1, -0.05) is 6.92 Å². The summed E-state index contributed by atoms with van der Waals surface area (Å²) >= 11 is 1.40. The molecular formula is C25H28N8O7S. The normalized spacial score (nSPS) is 25.9. The number of esters is 2. The average Bonchev–Trinajstić information content (AvgIpc) is 3.69. The number of hydrogen-bond acceptors (Lipinski definition) is 12. The minimum absolute atomic E-state index is 0.00912. The Bertz CT molecular complexity index is 1430. The lowest BCUT2D eigenvalue weighted by Crippen LogP contribution is -2.62. The number of benzene rings is 1. The molecule has 15 nitrogen and oxygen atoms in total. The van der Waals surface area contributed by atoms with Crippen LogP contribution in [0.15, 0.2) is 41.2 Å². The molecule has 16 heteroatoms. The predicted octanol–water partition coefficient (Wildman–Crippen LogP) is 0.766. The summed E-state index contributed by atoms with van der Waals surface area (Å²) in [7, 11) is 3.37. The summed E-state index contributed by atoms with van der Waals surface area (Å²) < 4.78 is 5.19. The Labute approximate surface area is 238 Å². The van der Waals surface area contributed by atoms with Crippen LogP contribution in [-0.2, 0) is 19.1 Å². The molecule has 2 aromatic rings. The van der Waals surface area contributed by atoms with Gasteiger partial charge in [0.05, 0.1) is 34.5 Å². The number of carbonyl (C=O) groups excluding carboxylic acids is 4. The number of aromatic nitrogens is 4. The molecule has 41 heavy (non-hydrogen) atoms. The van der Waals surface area contributed by atoms with E-state index in [1.807, 2.05) is 6.92 Å². The van der Waals surface area contributed by atoms with Crippen molar-refractivity contribution in [2.45, 2.75) is 43.6 Å². The van der Waals surface area contributed by atoms with E-state index in [0.29, 0.717) is 17.9 Å². The number of fused-ring (bicyclic) bond motifs is 1. The van der Waals surface area contributed by atoms with E-state index in [-0.39, 0.29) is 46.0 Å². The summed E-state index contributed by atoms with van der Waals surface area (Å²) in [6.45, 7) is 4.22. The van der Waals surface area contributed by atoms with Crippen LogP contribution in [0.5, 0.6) is 0 Å². The van der Waals surface area contributed by atoms with Crippen LogP contribution in [0.4, 0.5) is 5.69 Å². The van der Waals surface area contributed by atoms with E-state index in [9.17, 15) is 29.3 Å². The van der Waals surface area contributed by atoms with E-state index in [4.69, 9.17) is 4.74 Å². The van der Waals surface area contributed by atoms with Crippen LogP contribution in [0.3, 0.4) is 0 Å². The summed E-state index contributed by atoms with van der Waals surface area (Å²) in [5.74, 6) is -3.20. The Morgan fingerprint density at radius 2 is 1.93 bits per heavy atom. The van der Waals surface area contributed by atoms with Gasteiger partial charge in [0.1, 0.15) is 5.70 Å². The van der Waals surface area contributed by atoms with Crippen molar-refractivity contribution in [3.05, 3.63) is 56.9 Å². The number of carbonyl (C=O) groups is 4. The number of rotatable bonds is 8. The Balaban J connectivity index is 1.41. The number of ether oxygens (including phenoxy) is 1. The highest BCUT2D eigenvalue weighted by Crippen LogP contribution is 2.53. The van der Waals surface area contributed by atoms with Gasteiger partial charge in [-0.3, -0.25) is 19.7 Å². The Kier molecular flexibility index (Phi) is 7.61. The van der Waals surface area contributed by atoms with Crippen LogP contribution in [-0.4, -0.2) is 96.7 Å². The Morgan fingerprint density at radius 3 is 2.54 bits per heavy atom. The topological polar surface area (TPSA) is 183 Å². The molecule has 0 aliphatic carbocycles. The van der Waals surface area contributed by atoms with Gasteiger partial charge >= 0.3 is 11.9 Å². The third-order valence-electron chi connectivity index (χ3n) is 7.65. The van der Waals surface area contributed by atoms with E-state index < -0.39 is 34.9 Å². The number of nitro benzene ring substituents is 1. The molecule has 1 N–H and O–H groups in total. The highest BCUT2D eigenvalue weighted by molar-refractivity contribution is 8.03. The van der Waals surface area contributed by atoms with Crippen LogP contribution in [0, 0.1) is 22.0 Å². The monoisotopic (exact) mass is 584 g/mol. The van der Waals surface area contributed by atoms with Crippen LogP contribution >= 0.6 is 11.8 Å². The lowest BCUT2D eigenvalue weighted by Gasteiger charge is -2.47. The van der Waals surface area contributed by atoms with E-state index in [1.54, 1.807) is 21.0 Å². The summed E-state index contributed by atoms with van der Waals surface area (Å²) in [5.41, 5.74) is -0.276. The van der Waals surface area contributed by atoms with Crippen LogP contribution < -0.4 is 5.32 Å². The zero-order valence-electron chi connectivity index (χ0n) is 22.7. The van der Waals surface area contributed by atoms with Gasteiger partial charge in [-0.05, 0) is 30.7 Å². The number of β-lactam (4-membered cyclic amide) rings is 1. The minimum atomic E-state index is -0.998. The molecule has 4 heterocycles. The molecule has 0 bridgehead atoms. The van der Waals surface area contributed by atoms with Crippen molar-refractivity contribution in [1.29, 1.82) is 0 Å². The number of non-ortho nitro benzene ring substituents is 1. The lowest BCUT2D eigenvalue weighted by molar-refractivity contribution is -0.384. The first-order valence-corrected chi connectivity index (χ1v) is 13.8. The minimum Gasteiger partial charge on any atom is -0.385 e. The van der Waals surface area contributed by atoms with Gasteiger partial charge in [-0.2, -0.15) is 4.80 Å². The number of likely N-dealkylation sites (N-methyl/N-ethyl adjacent to an activating group) is 1. The first-order chi connectivity index (χ1) is 19.5. The van der Waals surface area contributed by atoms with Gasteiger partial charge in [-0.15, -0.1) is 22.0 Å². The fraction of sp³-hybridized carbons (Fsp3) is 0.480. The highest BCUT2D eigenvalue weighted by Gasteiger charge is 2.61. The third-order valence-corrected chi connectivity index (χ3v) is 9.16. The van der Waals surface area contributed by atoms with Crippen molar-refractivity contribution in [3.8, 4) is 0 Å². The zero-order chi connectivity index (χ0) is 29.6. The summed E-state index contributed by atoms with van der Waals surface area (Å²) in [4.78, 5) is 67.4. The second-order valence-electron chi connectivity index (χ2n) is 10.4. The van der Waals surface area contributed by atoms with Crippen molar-refractivity contribution in [1.82, 2.24) is 35.3 Å². The van der Waals surface area contributed by atoms with Crippen molar-refractivity contribution in [2.24, 2.45) is 11.8 Å². The molecular weight excluding hydrogens is 556 g/mol. The Hall–Kier alpha value is -4.18. The predicted molar refractivity (Wildman–Crippen MR) is 143 cm³/mol. The number of amides is 2. The maximum absolute atomic E-state index is 13.5. The quantitative estimate of drug-likeness (QED) is 0.151. The molecule has 2 fully saturated rings. The summed E-state index contributed by atoms with van der Waals surface area (Å²) in [5, 5.41) is 25.8. The molecule has 3 aliphatic rings. The molecule has 6 atom stereocenters. The molecule has 1 aromatic heterocycles. The fourth-order valence-corrected chi connectivity index (χ4v) is 7.03. The molecule has 2 amide bonds. The first-order valence-electron chi connectivity index (χ1n) is 12.9. The van der Waals surface area contributed by atoms with Crippen LogP contribution in [0.1, 0.15) is 36.7 Å². The zero-order valence-corrected chi connectivity index (χ0v) is 23.5. The number of tetrazole rings is 1. The smallest absolute Gasteiger partial charge is 0.363 e. The number of nitrogens with zero attached hydrogens (tertiary/aromatic N) is 7. The second kappa shape index (κ2) is 11.0. The van der Waals surface area contributed by atoms with Crippen molar-refractivity contribution in [3.63, 3.8) is 0 Å². The maximum Gasteiger partial charge on any atom is 0.363 e. The summed E-state index contributed by atoms with van der Waals surface area (Å²) in [6, 6.07) is 3.45. The van der Waals surface area contributed by atoms with E-state index >= 15 is 0 Å². The first kappa shape index (κ1) is 28.4. The molecule has 0 saturated carbocycles. The van der Waals surface area contributed by atoms with Crippen LogP contribution in [0.25, 0.3) is 0 Å². The van der Waals surface area contributed by atoms with Gasteiger partial charge < -0.3 is 19.9 Å². The van der Waals surface area contributed by atoms with Gasteiger partial charge in [0, 0.05) is 48.8 Å². The van der Waals surface area contributed by atoms with Crippen molar-refractivity contribution >= 4 is 41.2 Å². The van der Waals surface area contributed by atoms with Gasteiger partial charge in [0.2, 0.25) is 11.8 Å². The molecule has 3 aliphatic heterocycles. The molecule has 1 aromatic carbocycles. The number of thioether (sulfide) groups is 1. The SMILES string of the molecule is C[C@H]([C@H]1C(=O)N2C(C(=O)OC(=O)c3ccc([N+](=O)[O-])cc3)=C(S[C@@H]3CN[C@H](C(=O)N(C)C)C3)[C@H](C)[C@H]12)n1ncnn1. The molecule has 2 saturated heterocycles. The van der Waals surface area contributed by atoms with Gasteiger partial charge in [-0.25, -0.2) is 9.59 Å². The van der Waals surface area contributed by atoms with Gasteiger partial charge in [0.25, 0.3) is 5.69 Å². The number of hydrogen-bond donors (Lipinski definition) is 1. The maximum atomic E-state index is 13.5. The van der Waals surface area contributed by atoms with Crippen molar-refractivity contribution < 1.29 is 28.8 Å². The molecule has 0 spiro atoms.